The maximum absolute atomic E-state index is 12.7. The Morgan fingerprint density at radius 1 is 1.03 bits per heavy atom. The lowest BCUT2D eigenvalue weighted by Crippen LogP contribution is -2.49. The van der Waals surface area contributed by atoms with Gasteiger partial charge in [0.15, 0.2) is 5.11 Å². The van der Waals surface area contributed by atoms with Crippen molar-refractivity contribution >= 4 is 40.7 Å². The van der Waals surface area contributed by atoms with Crippen LogP contribution in [-0.2, 0) is 9.59 Å². The molecule has 0 aromatic heterocycles. The number of amides is 3. The molecular weight excluding hydrogens is 452 g/mol. The molecule has 1 atom stereocenters. The molecule has 1 aliphatic heterocycles. The zero-order chi connectivity index (χ0) is 24.5. The Balaban J connectivity index is 1.57. The number of hydrogen-bond donors (Lipinski definition) is 2. The first-order valence-corrected chi connectivity index (χ1v) is 11.8. The summed E-state index contributed by atoms with van der Waals surface area (Å²) in [5.41, 5.74) is 3.67. The van der Waals surface area contributed by atoms with E-state index in [0.29, 0.717) is 17.9 Å². The Morgan fingerprint density at radius 2 is 1.74 bits per heavy atom. The van der Waals surface area contributed by atoms with Gasteiger partial charge in [-0.05, 0) is 55.0 Å². The Bertz CT molecular complexity index is 1010. The summed E-state index contributed by atoms with van der Waals surface area (Å²) in [5.74, 6) is -0.409. The lowest BCUT2D eigenvalue weighted by atomic mass is 10.2. The Hall–Kier alpha value is -3.46. The molecule has 180 valence electrons. The van der Waals surface area contributed by atoms with Crippen LogP contribution in [0, 0.1) is 0 Å². The maximum atomic E-state index is 12.7. The summed E-state index contributed by atoms with van der Waals surface area (Å²) in [4.78, 5) is 39.2. The zero-order valence-electron chi connectivity index (χ0n) is 19.5. The van der Waals surface area contributed by atoms with Crippen LogP contribution in [0.5, 0.6) is 5.75 Å². The number of nitrogens with one attached hydrogen (secondary N) is 2. The smallest absolute Gasteiger partial charge is 0.269 e. The van der Waals surface area contributed by atoms with E-state index in [0.717, 1.165) is 18.6 Å². The molecule has 2 N–H and O–H groups in total. The van der Waals surface area contributed by atoms with Gasteiger partial charge in [-0.3, -0.25) is 24.7 Å². The van der Waals surface area contributed by atoms with Gasteiger partial charge in [0.2, 0.25) is 5.91 Å². The molecule has 2 aromatic rings. The van der Waals surface area contributed by atoms with Gasteiger partial charge in [-0.1, -0.05) is 44.4 Å². The number of thiocarbonyl (C=S) groups is 1. The van der Waals surface area contributed by atoms with Crippen molar-refractivity contribution in [2.75, 3.05) is 19.0 Å². The Kier molecular flexibility index (Phi) is 8.98. The number of rotatable bonds is 11. The van der Waals surface area contributed by atoms with Gasteiger partial charge in [0.1, 0.15) is 11.8 Å². The largest absolute Gasteiger partial charge is 0.494 e. The second-order valence-electron chi connectivity index (χ2n) is 8.06. The molecule has 1 saturated heterocycles. The minimum Gasteiger partial charge on any atom is -0.494 e. The fraction of sp³-hybridized carbons (Fsp3) is 0.360. The topological polar surface area (TPSA) is 91.0 Å². The first-order chi connectivity index (χ1) is 16.4. The lowest BCUT2D eigenvalue weighted by molar-refractivity contribution is -0.130. The van der Waals surface area contributed by atoms with Gasteiger partial charge >= 0.3 is 0 Å². The van der Waals surface area contributed by atoms with E-state index in [4.69, 9.17) is 17.0 Å². The predicted octanol–water partition coefficient (Wildman–Crippen LogP) is 3.75. The molecule has 0 saturated carbocycles. The average molecular weight is 483 g/mol. The zero-order valence-corrected chi connectivity index (χ0v) is 20.3. The summed E-state index contributed by atoms with van der Waals surface area (Å²) < 4.78 is 5.72. The van der Waals surface area contributed by atoms with Crippen molar-refractivity contribution in [3.8, 4) is 5.75 Å². The minimum absolute atomic E-state index is 0.132. The van der Waals surface area contributed by atoms with Gasteiger partial charge in [0, 0.05) is 18.3 Å². The summed E-state index contributed by atoms with van der Waals surface area (Å²) >= 11 is 5.31. The molecule has 0 bridgehead atoms. The third-order valence-electron chi connectivity index (χ3n) is 5.46. The fourth-order valence-corrected chi connectivity index (χ4v) is 3.79. The number of benzene rings is 2. The van der Waals surface area contributed by atoms with Crippen molar-refractivity contribution in [1.29, 1.82) is 0 Å². The summed E-state index contributed by atoms with van der Waals surface area (Å²) in [6.45, 7) is 2.83. The number of anilines is 1. The van der Waals surface area contributed by atoms with Crippen molar-refractivity contribution in [3.63, 3.8) is 0 Å². The van der Waals surface area contributed by atoms with Crippen molar-refractivity contribution < 1.29 is 19.1 Å². The SMILES string of the molecule is CCCCCCOc1ccc(NC(=O)C[C@@H]2C(=O)N(C)C(=S)N2NC(=O)c2ccccc2)cc1. The lowest BCUT2D eigenvalue weighted by Gasteiger charge is -2.24. The molecule has 1 heterocycles. The molecule has 0 unspecified atom stereocenters. The Morgan fingerprint density at radius 3 is 2.41 bits per heavy atom. The highest BCUT2D eigenvalue weighted by molar-refractivity contribution is 7.80. The van der Waals surface area contributed by atoms with Crippen LogP contribution in [0.3, 0.4) is 0 Å². The van der Waals surface area contributed by atoms with Gasteiger partial charge in [0.25, 0.3) is 11.8 Å². The molecule has 8 nitrogen and oxygen atoms in total. The van der Waals surface area contributed by atoms with E-state index in [9.17, 15) is 14.4 Å². The molecular formula is C25H30N4O4S. The molecule has 0 spiro atoms. The third kappa shape index (κ3) is 6.54. The summed E-state index contributed by atoms with van der Waals surface area (Å²) in [6, 6.07) is 14.7. The second-order valence-corrected chi connectivity index (χ2v) is 8.42. The van der Waals surface area contributed by atoms with Crippen LogP contribution in [0.15, 0.2) is 54.6 Å². The number of unbranched alkanes of at least 4 members (excludes halogenated alkanes) is 3. The average Bonchev–Trinajstić information content (AvgIpc) is 3.04. The number of carbonyl (C=O) groups is 3. The van der Waals surface area contributed by atoms with E-state index < -0.39 is 11.9 Å². The number of ether oxygens (including phenoxy) is 1. The van der Waals surface area contributed by atoms with E-state index in [1.807, 2.05) is 0 Å². The van der Waals surface area contributed by atoms with Gasteiger partial charge in [-0.15, -0.1) is 0 Å². The molecule has 9 heteroatoms. The van der Waals surface area contributed by atoms with Crippen LogP contribution in [0.2, 0.25) is 0 Å². The number of likely N-dealkylation sites (N-methyl/N-ethyl adjacent to an activating group) is 1. The van der Waals surface area contributed by atoms with E-state index >= 15 is 0 Å². The Labute approximate surface area is 205 Å². The van der Waals surface area contributed by atoms with Gasteiger partial charge in [0.05, 0.1) is 13.0 Å². The van der Waals surface area contributed by atoms with Crippen LogP contribution < -0.4 is 15.5 Å². The molecule has 34 heavy (non-hydrogen) atoms. The van der Waals surface area contributed by atoms with Gasteiger partial charge in [-0.2, -0.15) is 0 Å². The van der Waals surface area contributed by atoms with Crippen LogP contribution in [0.4, 0.5) is 5.69 Å². The van der Waals surface area contributed by atoms with E-state index in [-0.39, 0.29) is 23.3 Å². The first kappa shape index (κ1) is 25.2. The van der Waals surface area contributed by atoms with E-state index in [2.05, 4.69) is 17.7 Å². The van der Waals surface area contributed by atoms with Gasteiger partial charge in [-0.25, -0.2) is 5.01 Å². The second kappa shape index (κ2) is 12.1. The maximum Gasteiger partial charge on any atom is 0.269 e. The highest BCUT2D eigenvalue weighted by Crippen LogP contribution is 2.20. The molecule has 0 radical (unpaired) electrons. The van der Waals surface area contributed by atoms with Crippen molar-refractivity contribution in [3.05, 3.63) is 60.2 Å². The number of hydrazine groups is 1. The van der Waals surface area contributed by atoms with Crippen LogP contribution in [0.1, 0.15) is 49.4 Å². The first-order valence-electron chi connectivity index (χ1n) is 11.4. The van der Waals surface area contributed by atoms with Crippen molar-refractivity contribution in [1.82, 2.24) is 15.3 Å². The van der Waals surface area contributed by atoms with E-state index in [1.54, 1.807) is 54.6 Å². The number of nitrogens with zero attached hydrogens (tertiary/aromatic N) is 2. The molecule has 3 rings (SSSR count). The quantitative estimate of drug-likeness (QED) is 0.375. The molecule has 2 aromatic carbocycles. The highest BCUT2D eigenvalue weighted by atomic mass is 32.1. The van der Waals surface area contributed by atoms with Crippen LogP contribution >= 0.6 is 12.2 Å². The standard InChI is InChI=1S/C25H30N4O4S/c1-3-4-5-9-16-33-20-14-12-19(13-15-20)26-22(30)17-21-24(32)28(2)25(34)29(21)27-23(31)18-10-7-6-8-11-18/h6-8,10-15,21H,3-5,9,16-17H2,1-2H3,(H,26,30)(H,27,31)/t21-/m1/s1. The van der Waals surface area contributed by atoms with E-state index in [1.165, 1.54) is 29.8 Å². The summed E-state index contributed by atoms with van der Waals surface area (Å²) in [7, 11) is 1.52. The van der Waals surface area contributed by atoms with Crippen LogP contribution in [-0.4, -0.2) is 52.4 Å². The number of carbonyl (C=O) groups excluding carboxylic acids is 3. The molecule has 0 aliphatic carbocycles. The third-order valence-corrected chi connectivity index (χ3v) is 5.93. The minimum atomic E-state index is -0.934. The highest BCUT2D eigenvalue weighted by Gasteiger charge is 2.42. The normalized spacial score (nSPS) is 15.4. The molecule has 1 fully saturated rings. The fourth-order valence-electron chi connectivity index (χ4n) is 3.53. The summed E-state index contributed by atoms with van der Waals surface area (Å²) in [5, 5.41) is 4.20. The van der Waals surface area contributed by atoms with Gasteiger partial charge < -0.3 is 10.1 Å². The number of hydrogen-bond acceptors (Lipinski definition) is 5. The van der Waals surface area contributed by atoms with Crippen LogP contribution in [0.25, 0.3) is 0 Å². The predicted molar refractivity (Wildman–Crippen MR) is 134 cm³/mol. The molecule has 1 aliphatic rings. The summed E-state index contributed by atoms with van der Waals surface area (Å²) in [6.07, 6.45) is 4.36. The molecule has 3 amide bonds. The monoisotopic (exact) mass is 482 g/mol. The van der Waals surface area contributed by atoms with Crippen molar-refractivity contribution in [2.24, 2.45) is 0 Å². The van der Waals surface area contributed by atoms with Crippen molar-refractivity contribution in [2.45, 2.75) is 45.1 Å².